The standard InChI is InChI=1S/C19H34Si2/c1-5-8-15-20(16-9-6-2)21(17-10-7-3)19-13-11-18(4)12-14-19/h11-14H,5-10,15-17H2,1-4H3. The lowest BCUT2D eigenvalue weighted by Gasteiger charge is -2.25. The molecule has 0 atom stereocenters. The molecule has 21 heavy (non-hydrogen) atoms. The molecule has 0 aliphatic heterocycles. The van der Waals surface area contributed by atoms with Crippen molar-refractivity contribution in [2.75, 3.05) is 0 Å². The maximum absolute atomic E-state index is 2.46. The van der Waals surface area contributed by atoms with Gasteiger partial charge in [-0.25, -0.2) is 0 Å². The van der Waals surface area contributed by atoms with Gasteiger partial charge in [-0.3, -0.25) is 0 Å². The Balaban J connectivity index is 2.85. The predicted octanol–water partition coefficient (Wildman–Crippen LogP) is 5.67. The smallest absolute Gasteiger partial charge is 0.0654 e. The van der Waals surface area contributed by atoms with E-state index in [4.69, 9.17) is 0 Å². The van der Waals surface area contributed by atoms with Gasteiger partial charge in [0.25, 0.3) is 0 Å². The average molecular weight is 319 g/mol. The molecule has 1 aromatic carbocycles. The van der Waals surface area contributed by atoms with E-state index in [0.29, 0.717) is 0 Å². The van der Waals surface area contributed by atoms with Crippen molar-refractivity contribution in [2.24, 2.45) is 0 Å². The van der Waals surface area contributed by atoms with Crippen LogP contribution in [0, 0.1) is 6.92 Å². The lowest BCUT2D eigenvalue weighted by Crippen LogP contribution is -2.45. The Hall–Kier alpha value is -0.346. The van der Waals surface area contributed by atoms with Crippen molar-refractivity contribution in [1.29, 1.82) is 0 Å². The van der Waals surface area contributed by atoms with Gasteiger partial charge >= 0.3 is 0 Å². The Morgan fingerprint density at radius 3 is 1.67 bits per heavy atom. The van der Waals surface area contributed by atoms with Crippen LogP contribution in [0.25, 0.3) is 0 Å². The summed E-state index contributed by atoms with van der Waals surface area (Å²) in [6.45, 7) is 9.26. The summed E-state index contributed by atoms with van der Waals surface area (Å²) >= 11 is 0. The van der Waals surface area contributed by atoms with E-state index in [9.17, 15) is 0 Å². The van der Waals surface area contributed by atoms with Gasteiger partial charge in [-0.05, 0) is 6.92 Å². The molecule has 0 bridgehead atoms. The molecule has 1 aromatic rings. The topological polar surface area (TPSA) is 0 Å². The molecular formula is C19H34Si2. The Kier molecular flexibility index (Phi) is 10.0. The van der Waals surface area contributed by atoms with Crippen molar-refractivity contribution >= 4 is 21.8 Å². The number of benzene rings is 1. The van der Waals surface area contributed by atoms with Crippen LogP contribution >= 0.6 is 0 Å². The predicted molar refractivity (Wildman–Crippen MR) is 101 cm³/mol. The molecule has 0 nitrogen and oxygen atoms in total. The van der Waals surface area contributed by atoms with Crippen molar-refractivity contribution in [3.63, 3.8) is 0 Å². The summed E-state index contributed by atoms with van der Waals surface area (Å²) in [5.41, 5.74) is 1.41. The first-order valence-electron chi connectivity index (χ1n) is 9.00. The molecule has 0 saturated carbocycles. The fraction of sp³-hybridized carbons (Fsp3) is 0.684. The minimum atomic E-state index is -0.283. The van der Waals surface area contributed by atoms with Crippen LogP contribution in [0.1, 0.15) is 64.9 Å². The highest BCUT2D eigenvalue weighted by atomic mass is 29.2. The molecule has 0 aliphatic carbocycles. The SMILES string of the molecule is CCCC[Si](CCCC)[Si](CCCC)c1ccc(C)cc1. The maximum Gasteiger partial charge on any atom is 0.0748 e. The first-order chi connectivity index (χ1) is 10.2. The van der Waals surface area contributed by atoms with Crippen LogP contribution in [0.15, 0.2) is 24.3 Å². The zero-order valence-corrected chi connectivity index (χ0v) is 16.7. The van der Waals surface area contributed by atoms with Crippen molar-refractivity contribution < 1.29 is 0 Å². The summed E-state index contributed by atoms with van der Waals surface area (Å²) in [7, 11) is -0.427. The van der Waals surface area contributed by atoms with Gasteiger partial charge in [0.2, 0.25) is 0 Å². The van der Waals surface area contributed by atoms with E-state index in [0.717, 1.165) is 0 Å². The summed E-state index contributed by atoms with van der Waals surface area (Å²) in [6, 6.07) is 14.2. The van der Waals surface area contributed by atoms with E-state index in [1.165, 1.54) is 50.1 Å². The van der Waals surface area contributed by atoms with E-state index in [-0.39, 0.29) is 16.6 Å². The fourth-order valence-electron chi connectivity index (χ4n) is 2.84. The number of aryl methyl sites for hydroxylation is 1. The Morgan fingerprint density at radius 1 is 0.714 bits per heavy atom. The van der Waals surface area contributed by atoms with Crippen LogP contribution in [-0.2, 0) is 0 Å². The quantitative estimate of drug-likeness (QED) is 0.461. The van der Waals surface area contributed by atoms with Crippen LogP contribution in [-0.4, -0.2) is 16.6 Å². The molecule has 0 N–H and O–H groups in total. The zero-order valence-electron chi connectivity index (χ0n) is 14.7. The van der Waals surface area contributed by atoms with E-state index in [1.807, 2.05) is 0 Å². The molecular weight excluding hydrogens is 284 g/mol. The third-order valence-corrected chi connectivity index (χ3v) is 14.6. The van der Waals surface area contributed by atoms with Crippen LogP contribution in [0.5, 0.6) is 0 Å². The van der Waals surface area contributed by atoms with Gasteiger partial charge in [-0.1, -0.05) is 112 Å². The fourth-order valence-corrected chi connectivity index (χ4v) is 13.8. The minimum absolute atomic E-state index is 0.144. The molecule has 0 amide bonds. The highest BCUT2D eigenvalue weighted by Gasteiger charge is 2.25. The summed E-state index contributed by atoms with van der Waals surface area (Å²) in [5.74, 6) is 0. The molecule has 0 saturated heterocycles. The molecule has 0 aliphatic rings. The van der Waals surface area contributed by atoms with Gasteiger partial charge in [0, 0.05) is 8.31 Å². The molecule has 0 fully saturated rings. The molecule has 0 aromatic heterocycles. The Bertz CT molecular complexity index is 350. The van der Waals surface area contributed by atoms with Gasteiger partial charge in [0.15, 0.2) is 0 Å². The van der Waals surface area contributed by atoms with Gasteiger partial charge < -0.3 is 0 Å². The van der Waals surface area contributed by atoms with Crippen LogP contribution in [0.2, 0.25) is 18.1 Å². The van der Waals surface area contributed by atoms with E-state index < -0.39 is 0 Å². The summed E-state index contributed by atoms with van der Waals surface area (Å²) < 4.78 is 0. The first-order valence-corrected chi connectivity index (χ1v) is 13.6. The monoisotopic (exact) mass is 318 g/mol. The number of hydrogen-bond donors (Lipinski definition) is 0. The van der Waals surface area contributed by atoms with E-state index in [1.54, 1.807) is 17.3 Å². The molecule has 1 rings (SSSR count). The maximum atomic E-state index is 2.46. The second kappa shape index (κ2) is 11.3. The Labute approximate surface area is 136 Å². The molecule has 118 valence electrons. The van der Waals surface area contributed by atoms with Gasteiger partial charge in [-0.15, -0.1) is 0 Å². The first kappa shape index (κ1) is 18.7. The summed E-state index contributed by atoms with van der Waals surface area (Å²) in [6.07, 6.45) is 8.47. The molecule has 2 radical (unpaired) electrons. The number of hydrogen-bond acceptors (Lipinski definition) is 0. The van der Waals surface area contributed by atoms with Crippen molar-refractivity contribution in [3.8, 4) is 0 Å². The highest BCUT2D eigenvalue weighted by Crippen LogP contribution is 2.17. The minimum Gasteiger partial charge on any atom is -0.0654 e. The lowest BCUT2D eigenvalue weighted by atomic mass is 10.2. The van der Waals surface area contributed by atoms with Crippen LogP contribution < -0.4 is 5.19 Å². The lowest BCUT2D eigenvalue weighted by molar-refractivity contribution is 0.844. The highest BCUT2D eigenvalue weighted by molar-refractivity contribution is 7.28. The Morgan fingerprint density at radius 2 is 1.19 bits per heavy atom. The van der Waals surface area contributed by atoms with Crippen LogP contribution in [0.4, 0.5) is 0 Å². The van der Waals surface area contributed by atoms with Crippen molar-refractivity contribution in [3.05, 3.63) is 29.8 Å². The van der Waals surface area contributed by atoms with Gasteiger partial charge in [-0.2, -0.15) is 0 Å². The molecule has 0 unspecified atom stereocenters. The zero-order chi connectivity index (χ0) is 15.5. The largest absolute Gasteiger partial charge is 0.0748 e. The normalized spacial score (nSPS) is 11.5. The van der Waals surface area contributed by atoms with Gasteiger partial charge in [0.05, 0.1) is 8.31 Å². The van der Waals surface area contributed by atoms with Crippen LogP contribution in [0.3, 0.4) is 0 Å². The third kappa shape index (κ3) is 6.97. The number of unbranched alkanes of at least 4 members (excludes halogenated alkanes) is 3. The second-order valence-corrected chi connectivity index (χ2v) is 14.4. The van der Waals surface area contributed by atoms with E-state index in [2.05, 4.69) is 52.0 Å². The number of rotatable bonds is 11. The summed E-state index contributed by atoms with van der Waals surface area (Å²) in [5, 5.41) is 1.74. The molecule has 0 spiro atoms. The van der Waals surface area contributed by atoms with Crippen molar-refractivity contribution in [1.82, 2.24) is 0 Å². The average Bonchev–Trinajstić information content (AvgIpc) is 2.50. The second-order valence-electron chi connectivity index (χ2n) is 6.26. The summed E-state index contributed by atoms with van der Waals surface area (Å²) in [4.78, 5) is 0. The molecule has 0 heterocycles. The molecule has 2 heteroatoms. The van der Waals surface area contributed by atoms with Gasteiger partial charge in [0.1, 0.15) is 0 Å². The van der Waals surface area contributed by atoms with Crippen molar-refractivity contribution in [2.45, 2.75) is 84.4 Å². The van der Waals surface area contributed by atoms with E-state index >= 15 is 0 Å². The third-order valence-electron chi connectivity index (χ3n) is 4.27.